The van der Waals surface area contributed by atoms with Gasteiger partial charge in [-0.3, -0.25) is 4.57 Å². The van der Waals surface area contributed by atoms with Gasteiger partial charge in [0.05, 0.1) is 12.4 Å². The molecule has 1 aromatic heterocycles. The van der Waals surface area contributed by atoms with E-state index in [1.807, 2.05) is 0 Å². The first kappa shape index (κ1) is 5.18. The lowest BCUT2D eigenvalue weighted by Gasteiger charge is -1.89. The number of nitrogens with zero attached hydrogens (tertiary/aromatic N) is 1. The van der Waals surface area contributed by atoms with Crippen molar-refractivity contribution in [3.63, 3.8) is 0 Å². The maximum absolute atomic E-state index is 11.1. The van der Waals surface area contributed by atoms with Crippen LogP contribution in [0.2, 0.25) is 0 Å². The van der Waals surface area contributed by atoms with E-state index < -0.39 is 0 Å². The molecule has 0 saturated carbocycles. The van der Waals surface area contributed by atoms with Crippen LogP contribution in [0.1, 0.15) is 1.37 Å². The van der Waals surface area contributed by atoms with Gasteiger partial charge in [0.15, 0.2) is 0 Å². The molecular weight excluding hydrogens is 140 g/mol. The number of imidazole rings is 1. The number of hydrogen-bond acceptors (Lipinski definition) is 1. The zero-order valence-electron chi connectivity index (χ0n) is 7.09. The second-order valence-electron chi connectivity index (χ2n) is 2.42. The van der Waals surface area contributed by atoms with Gasteiger partial charge in [-0.25, -0.2) is 4.79 Å². The van der Waals surface area contributed by atoms with Crippen LogP contribution in [0.5, 0.6) is 0 Å². The molecule has 1 N–H and O–H groups in total. The maximum Gasteiger partial charge on any atom is 0.326 e. The van der Waals surface area contributed by atoms with Gasteiger partial charge in [-0.15, -0.1) is 0 Å². The smallest absolute Gasteiger partial charge is 0.306 e. The topological polar surface area (TPSA) is 37.8 Å². The molecule has 3 nitrogen and oxygen atoms in total. The Bertz CT molecular complexity index is 483. The van der Waals surface area contributed by atoms with Crippen molar-refractivity contribution in [2.24, 2.45) is 7.05 Å². The molecule has 3 heteroatoms. The number of nitrogens with one attached hydrogen (secondary N) is 1. The van der Waals surface area contributed by atoms with Crippen molar-refractivity contribution in [3.8, 4) is 0 Å². The summed E-state index contributed by atoms with van der Waals surface area (Å²) in [6.45, 7) is 0. The lowest BCUT2D eigenvalue weighted by atomic mass is 10.3. The van der Waals surface area contributed by atoms with Crippen molar-refractivity contribution < 1.29 is 1.37 Å². The number of aromatic nitrogens is 2. The van der Waals surface area contributed by atoms with E-state index in [-0.39, 0.29) is 5.69 Å². The summed E-state index contributed by atoms with van der Waals surface area (Å²) in [4.78, 5) is 13.8. The number of aryl methyl sites for hydroxylation is 1. The Labute approximate surface area is 64.7 Å². The molecular formula is C8H8N2O. The van der Waals surface area contributed by atoms with Crippen molar-refractivity contribution in [2.45, 2.75) is 0 Å². The van der Waals surface area contributed by atoms with E-state index >= 15 is 0 Å². The Morgan fingerprint density at radius 3 is 3.18 bits per heavy atom. The monoisotopic (exact) mass is 149 g/mol. The highest BCUT2D eigenvalue weighted by Gasteiger charge is 1.98. The van der Waals surface area contributed by atoms with Crippen LogP contribution < -0.4 is 5.69 Å². The van der Waals surface area contributed by atoms with E-state index in [1.54, 1.807) is 25.2 Å². The Kier molecular flexibility index (Phi) is 0.935. The third kappa shape index (κ3) is 0.774. The van der Waals surface area contributed by atoms with Gasteiger partial charge in [-0.1, -0.05) is 12.1 Å². The number of H-pyrrole nitrogens is 1. The Hall–Kier alpha value is -1.51. The first-order valence-corrected chi connectivity index (χ1v) is 3.34. The molecule has 0 spiro atoms. The largest absolute Gasteiger partial charge is 0.326 e. The van der Waals surface area contributed by atoms with Gasteiger partial charge in [-0.05, 0) is 12.1 Å². The molecule has 2 aromatic rings. The molecule has 11 heavy (non-hydrogen) atoms. The number of para-hydroxylation sites is 2. The normalized spacial score (nSPS) is 11.9. The van der Waals surface area contributed by atoms with Gasteiger partial charge in [-0.2, -0.15) is 0 Å². The number of hydrogen-bond donors (Lipinski definition) is 1. The van der Waals surface area contributed by atoms with Crippen LogP contribution in [0.15, 0.2) is 29.0 Å². The molecule has 0 aliphatic heterocycles. The maximum atomic E-state index is 11.1. The second kappa shape index (κ2) is 1.99. The molecule has 0 atom stereocenters. The molecule has 2 rings (SSSR count). The highest BCUT2D eigenvalue weighted by molar-refractivity contribution is 5.74. The van der Waals surface area contributed by atoms with Crippen LogP contribution in [0, 0.1) is 0 Å². The highest BCUT2D eigenvalue weighted by atomic mass is 16.1. The van der Waals surface area contributed by atoms with E-state index in [0.717, 1.165) is 5.52 Å². The molecule has 0 aliphatic carbocycles. The van der Waals surface area contributed by atoms with Crippen LogP contribution in [-0.2, 0) is 7.05 Å². The van der Waals surface area contributed by atoms with Crippen LogP contribution in [0.3, 0.4) is 0 Å². The van der Waals surface area contributed by atoms with Gasteiger partial charge in [0.1, 0.15) is 0 Å². The minimum absolute atomic E-state index is 0.176. The quantitative estimate of drug-likeness (QED) is 0.593. The number of benzene rings is 1. The van der Waals surface area contributed by atoms with Gasteiger partial charge in [0, 0.05) is 7.05 Å². The van der Waals surface area contributed by atoms with E-state index in [4.69, 9.17) is 1.37 Å². The number of aromatic amines is 1. The summed E-state index contributed by atoms with van der Waals surface area (Å²) in [6.07, 6.45) is 0. The summed E-state index contributed by atoms with van der Waals surface area (Å²) in [5.41, 5.74) is 1.20. The molecule has 1 heterocycles. The second-order valence-corrected chi connectivity index (χ2v) is 2.42. The molecule has 0 amide bonds. The molecule has 0 saturated heterocycles. The van der Waals surface area contributed by atoms with Crippen LogP contribution >= 0.6 is 0 Å². The summed E-state index contributed by atoms with van der Waals surface area (Å²) >= 11 is 0. The van der Waals surface area contributed by atoms with Crippen molar-refractivity contribution in [1.82, 2.24) is 9.55 Å². The van der Waals surface area contributed by atoms with E-state index in [0.29, 0.717) is 11.6 Å². The third-order valence-electron chi connectivity index (χ3n) is 1.72. The minimum Gasteiger partial charge on any atom is -0.306 e. The Morgan fingerprint density at radius 1 is 1.64 bits per heavy atom. The molecule has 0 aliphatic rings. The van der Waals surface area contributed by atoms with E-state index in [1.165, 1.54) is 4.57 Å². The van der Waals surface area contributed by atoms with E-state index in [2.05, 4.69) is 4.98 Å². The summed E-state index contributed by atoms with van der Waals surface area (Å²) in [7, 11) is 1.65. The van der Waals surface area contributed by atoms with Gasteiger partial charge in [0.25, 0.3) is 0 Å². The molecule has 0 bridgehead atoms. The fraction of sp³-hybridized carbons (Fsp3) is 0.125. The van der Waals surface area contributed by atoms with Gasteiger partial charge < -0.3 is 4.98 Å². The summed E-state index contributed by atoms with van der Waals surface area (Å²) in [5, 5.41) is 0. The zero-order valence-corrected chi connectivity index (χ0v) is 6.09. The molecule has 0 unspecified atom stereocenters. The van der Waals surface area contributed by atoms with Crippen LogP contribution in [0.4, 0.5) is 0 Å². The van der Waals surface area contributed by atoms with Crippen LogP contribution in [-0.4, -0.2) is 9.55 Å². The summed E-state index contributed by atoms with van der Waals surface area (Å²) in [6, 6.07) is 5.57. The zero-order chi connectivity index (χ0) is 8.72. The SMILES string of the molecule is [2H]c1cccc2[nH]c(=O)n(C)c12. The molecule has 0 fully saturated rings. The van der Waals surface area contributed by atoms with Crippen LogP contribution in [0.25, 0.3) is 11.0 Å². The number of rotatable bonds is 0. The van der Waals surface area contributed by atoms with E-state index in [9.17, 15) is 4.79 Å². The lowest BCUT2D eigenvalue weighted by Crippen LogP contribution is -2.11. The summed E-state index contributed by atoms with van der Waals surface area (Å²) < 4.78 is 8.98. The fourth-order valence-electron chi connectivity index (χ4n) is 1.11. The number of fused-ring (bicyclic) bond motifs is 1. The van der Waals surface area contributed by atoms with Crippen molar-refractivity contribution in [2.75, 3.05) is 0 Å². The predicted molar refractivity (Wildman–Crippen MR) is 43.5 cm³/mol. The minimum atomic E-state index is -0.176. The van der Waals surface area contributed by atoms with Gasteiger partial charge >= 0.3 is 5.69 Å². The molecule has 56 valence electrons. The highest BCUT2D eigenvalue weighted by Crippen LogP contribution is 2.06. The van der Waals surface area contributed by atoms with Crippen molar-refractivity contribution in [3.05, 3.63) is 34.7 Å². The third-order valence-corrected chi connectivity index (χ3v) is 1.72. The Morgan fingerprint density at radius 2 is 2.45 bits per heavy atom. The fourth-order valence-corrected chi connectivity index (χ4v) is 1.11. The van der Waals surface area contributed by atoms with Gasteiger partial charge in [0.2, 0.25) is 0 Å². The first-order chi connectivity index (χ1) is 5.70. The standard InChI is InChI=1S/C8H8N2O/c1-10-7-5-3-2-4-6(7)9-8(10)11/h2-5H,1H3,(H,9,11)/i5D. The average molecular weight is 149 g/mol. The lowest BCUT2D eigenvalue weighted by molar-refractivity contribution is 0.891. The van der Waals surface area contributed by atoms with Crippen molar-refractivity contribution >= 4 is 11.0 Å². The predicted octanol–water partition coefficient (Wildman–Crippen LogP) is 0.867. The molecule has 1 aromatic carbocycles. The average Bonchev–Trinajstić information content (AvgIpc) is 2.29. The molecule has 0 radical (unpaired) electrons. The first-order valence-electron chi connectivity index (χ1n) is 3.84. The van der Waals surface area contributed by atoms with Crippen molar-refractivity contribution in [1.29, 1.82) is 0 Å². The Balaban J connectivity index is 3.07. The summed E-state index contributed by atoms with van der Waals surface area (Å²) in [5.74, 6) is 0.